The van der Waals surface area contributed by atoms with E-state index < -0.39 is 0 Å². The van der Waals surface area contributed by atoms with Crippen LogP contribution in [0.2, 0.25) is 4.34 Å². The Morgan fingerprint density at radius 1 is 1.33 bits per heavy atom. The predicted octanol–water partition coefficient (Wildman–Crippen LogP) is 4.29. The second-order valence-electron chi connectivity index (χ2n) is 4.51. The third kappa shape index (κ3) is 3.06. The quantitative estimate of drug-likeness (QED) is 0.779. The van der Waals surface area contributed by atoms with Crippen LogP contribution in [0, 0.1) is 5.82 Å². The van der Waals surface area contributed by atoms with Crippen molar-refractivity contribution >= 4 is 28.6 Å². The van der Waals surface area contributed by atoms with Crippen LogP contribution < -0.4 is 5.32 Å². The topological polar surface area (TPSA) is 42.7 Å². The van der Waals surface area contributed by atoms with Gasteiger partial charge in [-0.1, -0.05) is 11.6 Å². The molecule has 0 saturated heterocycles. The van der Waals surface area contributed by atoms with Crippen LogP contribution >= 0.6 is 22.9 Å². The van der Waals surface area contributed by atoms with E-state index in [0.29, 0.717) is 11.4 Å². The molecule has 7 heteroatoms. The molecule has 1 unspecified atom stereocenters. The summed E-state index contributed by atoms with van der Waals surface area (Å²) in [6, 6.07) is 8.80. The second-order valence-corrected chi connectivity index (χ2v) is 6.26. The Balaban J connectivity index is 1.79. The Morgan fingerprint density at radius 3 is 2.81 bits per heavy atom. The highest BCUT2D eigenvalue weighted by atomic mass is 35.5. The van der Waals surface area contributed by atoms with Crippen molar-refractivity contribution < 1.29 is 4.39 Å². The molecule has 3 aromatic rings. The third-order valence-corrected chi connectivity index (χ3v) is 4.43. The minimum Gasteiger partial charge on any atom is -0.378 e. The molecule has 0 amide bonds. The van der Waals surface area contributed by atoms with E-state index in [1.165, 1.54) is 34.7 Å². The summed E-state index contributed by atoms with van der Waals surface area (Å²) in [7, 11) is 0. The van der Waals surface area contributed by atoms with Gasteiger partial charge in [-0.3, -0.25) is 0 Å². The Morgan fingerprint density at radius 2 is 2.19 bits per heavy atom. The highest BCUT2D eigenvalue weighted by Gasteiger charge is 2.11. The monoisotopic (exact) mass is 322 g/mol. The van der Waals surface area contributed by atoms with Crippen LogP contribution in [-0.4, -0.2) is 14.8 Å². The van der Waals surface area contributed by atoms with Gasteiger partial charge in [0, 0.05) is 10.6 Å². The van der Waals surface area contributed by atoms with Crippen molar-refractivity contribution in [2.75, 3.05) is 5.32 Å². The summed E-state index contributed by atoms with van der Waals surface area (Å²) in [6.07, 6.45) is 2.83. The van der Waals surface area contributed by atoms with Crippen LogP contribution in [0.3, 0.4) is 0 Å². The first-order valence-electron chi connectivity index (χ1n) is 6.30. The molecule has 1 atom stereocenters. The molecule has 0 saturated carbocycles. The van der Waals surface area contributed by atoms with E-state index >= 15 is 0 Å². The van der Waals surface area contributed by atoms with Crippen molar-refractivity contribution in [2.45, 2.75) is 13.0 Å². The highest BCUT2D eigenvalue weighted by molar-refractivity contribution is 7.16. The Labute approximate surface area is 130 Å². The Kier molecular flexibility index (Phi) is 3.90. The smallest absolute Gasteiger partial charge is 0.150 e. The van der Waals surface area contributed by atoms with Crippen molar-refractivity contribution in [3.63, 3.8) is 0 Å². The molecule has 0 aliphatic rings. The van der Waals surface area contributed by atoms with E-state index in [0.717, 1.165) is 9.21 Å². The van der Waals surface area contributed by atoms with E-state index in [1.54, 1.807) is 6.07 Å². The lowest BCUT2D eigenvalue weighted by Gasteiger charge is -2.14. The molecular formula is C14H12ClFN4S. The van der Waals surface area contributed by atoms with Crippen molar-refractivity contribution in [3.8, 4) is 5.69 Å². The van der Waals surface area contributed by atoms with E-state index in [9.17, 15) is 4.39 Å². The number of hydrogen-bond donors (Lipinski definition) is 1. The predicted molar refractivity (Wildman–Crippen MR) is 82.7 cm³/mol. The van der Waals surface area contributed by atoms with Crippen LogP contribution in [-0.2, 0) is 0 Å². The molecule has 1 aromatic carbocycles. The molecule has 0 aliphatic carbocycles. The van der Waals surface area contributed by atoms with Crippen molar-refractivity contribution in [3.05, 3.63) is 58.0 Å². The summed E-state index contributed by atoms with van der Waals surface area (Å²) in [5.41, 5.74) is 1.07. The summed E-state index contributed by atoms with van der Waals surface area (Å²) in [5, 5.41) is 7.17. The number of benzene rings is 1. The van der Waals surface area contributed by atoms with Crippen LogP contribution in [0.1, 0.15) is 17.8 Å². The van der Waals surface area contributed by atoms with Crippen LogP contribution in [0.25, 0.3) is 5.69 Å². The van der Waals surface area contributed by atoms with E-state index in [1.807, 2.05) is 25.1 Å². The zero-order valence-electron chi connectivity index (χ0n) is 11.1. The molecule has 0 aliphatic heterocycles. The number of nitrogens with zero attached hydrogens (tertiary/aromatic N) is 3. The van der Waals surface area contributed by atoms with Crippen LogP contribution in [0.15, 0.2) is 43.0 Å². The maximum Gasteiger partial charge on any atom is 0.150 e. The van der Waals surface area contributed by atoms with E-state index in [4.69, 9.17) is 11.6 Å². The number of thiophene rings is 1. The SMILES string of the molecule is CC(Nc1ccc(-n2cncn2)c(F)c1)c1ccc(Cl)s1. The van der Waals surface area contributed by atoms with Gasteiger partial charge in [-0.15, -0.1) is 11.3 Å². The summed E-state index contributed by atoms with van der Waals surface area (Å²) in [4.78, 5) is 4.91. The van der Waals surface area contributed by atoms with E-state index in [-0.39, 0.29) is 11.9 Å². The fourth-order valence-corrected chi connectivity index (χ4v) is 3.06. The highest BCUT2D eigenvalue weighted by Crippen LogP contribution is 2.29. The lowest BCUT2D eigenvalue weighted by Crippen LogP contribution is -2.06. The minimum atomic E-state index is -0.359. The van der Waals surface area contributed by atoms with Gasteiger partial charge in [0.15, 0.2) is 5.82 Å². The van der Waals surface area contributed by atoms with Gasteiger partial charge in [0.05, 0.1) is 10.4 Å². The summed E-state index contributed by atoms with van der Waals surface area (Å²) in [5.74, 6) is -0.359. The van der Waals surface area contributed by atoms with Crippen LogP contribution in [0.4, 0.5) is 10.1 Å². The number of aromatic nitrogens is 3. The number of nitrogens with one attached hydrogen (secondary N) is 1. The molecule has 0 radical (unpaired) electrons. The average Bonchev–Trinajstić information content (AvgIpc) is 3.10. The van der Waals surface area contributed by atoms with Gasteiger partial charge < -0.3 is 5.32 Å². The molecule has 1 N–H and O–H groups in total. The molecular weight excluding hydrogens is 311 g/mol. The number of halogens is 2. The first-order chi connectivity index (χ1) is 10.1. The summed E-state index contributed by atoms with van der Waals surface area (Å²) in [6.45, 7) is 2.01. The molecule has 0 bridgehead atoms. The summed E-state index contributed by atoms with van der Waals surface area (Å²) < 4.78 is 16.3. The molecule has 0 spiro atoms. The lowest BCUT2D eigenvalue weighted by molar-refractivity contribution is 0.611. The molecule has 108 valence electrons. The maximum atomic E-state index is 14.1. The second kappa shape index (κ2) is 5.83. The van der Waals surface area contributed by atoms with Crippen LogP contribution in [0.5, 0.6) is 0 Å². The normalized spacial score (nSPS) is 12.3. The Bertz CT molecular complexity index is 741. The Hall–Kier alpha value is -1.92. The number of hydrogen-bond acceptors (Lipinski definition) is 4. The molecule has 21 heavy (non-hydrogen) atoms. The third-order valence-electron chi connectivity index (χ3n) is 3.02. The van der Waals surface area contributed by atoms with Crippen molar-refractivity contribution in [2.24, 2.45) is 0 Å². The molecule has 3 rings (SSSR count). The summed E-state index contributed by atoms with van der Waals surface area (Å²) >= 11 is 7.43. The van der Waals surface area contributed by atoms with Gasteiger partial charge in [-0.25, -0.2) is 14.1 Å². The van der Waals surface area contributed by atoms with Crippen molar-refractivity contribution in [1.82, 2.24) is 14.8 Å². The van der Waals surface area contributed by atoms with Gasteiger partial charge in [-0.05, 0) is 37.3 Å². The van der Waals surface area contributed by atoms with Gasteiger partial charge in [0.25, 0.3) is 0 Å². The minimum absolute atomic E-state index is 0.0547. The zero-order chi connectivity index (χ0) is 14.8. The fraction of sp³-hybridized carbons (Fsp3) is 0.143. The molecule has 0 fully saturated rings. The first-order valence-corrected chi connectivity index (χ1v) is 7.49. The standard InChI is InChI=1S/C14H12ClFN4S/c1-9(13-4-5-14(15)21-13)19-10-2-3-12(11(16)6-10)20-8-17-7-18-20/h2-9,19H,1H3. The van der Waals surface area contributed by atoms with Gasteiger partial charge in [0.2, 0.25) is 0 Å². The fourth-order valence-electron chi connectivity index (χ4n) is 2.00. The number of anilines is 1. The zero-order valence-corrected chi connectivity index (χ0v) is 12.7. The van der Waals surface area contributed by atoms with Crippen molar-refractivity contribution in [1.29, 1.82) is 0 Å². The van der Waals surface area contributed by atoms with E-state index in [2.05, 4.69) is 15.4 Å². The number of rotatable bonds is 4. The largest absolute Gasteiger partial charge is 0.378 e. The maximum absolute atomic E-state index is 14.1. The average molecular weight is 323 g/mol. The van der Waals surface area contributed by atoms with Gasteiger partial charge >= 0.3 is 0 Å². The molecule has 2 aromatic heterocycles. The molecule has 2 heterocycles. The first kappa shape index (κ1) is 14.0. The van der Waals surface area contributed by atoms with Gasteiger partial charge in [-0.2, -0.15) is 5.10 Å². The molecule has 4 nitrogen and oxygen atoms in total. The van der Waals surface area contributed by atoms with Gasteiger partial charge in [0.1, 0.15) is 18.3 Å². The lowest BCUT2D eigenvalue weighted by atomic mass is 10.2.